The summed E-state index contributed by atoms with van der Waals surface area (Å²) < 4.78 is 11.5. The molecule has 0 amide bonds. The first-order valence-corrected chi connectivity index (χ1v) is 10.3. The minimum Gasteiger partial charge on any atom is -0.490 e. The highest BCUT2D eigenvalue weighted by Gasteiger charge is 2.25. The van der Waals surface area contributed by atoms with E-state index in [0.29, 0.717) is 17.1 Å². The molecule has 0 fully saturated rings. The number of thioether (sulfide) groups is 1. The standard InChI is InChI=1S/C22H25NO4S/c1-13(2)26-22-18-9-7-6-8-17(18)21(27-16(5)24)10-19(22)20(25)11-23-12-28-15(4)14(23)3/h6-10,13H,11-12H2,1-5H3. The molecule has 3 rings (SSSR count). The number of Topliss-reactive ketones (excluding diaryl/α,β-unsaturated/α-hetero) is 1. The lowest BCUT2D eigenvalue weighted by molar-refractivity contribution is -0.131. The van der Waals surface area contributed by atoms with Crippen LogP contribution in [-0.4, -0.2) is 35.2 Å². The highest BCUT2D eigenvalue weighted by molar-refractivity contribution is 8.03. The van der Waals surface area contributed by atoms with Crippen molar-refractivity contribution in [3.8, 4) is 11.5 Å². The fourth-order valence-electron chi connectivity index (χ4n) is 3.15. The zero-order chi connectivity index (χ0) is 20.4. The van der Waals surface area contributed by atoms with Gasteiger partial charge in [0.15, 0.2) is 5.78 Å². The van der Waals surface area contributed by atoms with Gasteiger partial charge in [0, 0.05) is 28.3 Å². The van der Waals surface area contributed by atoms with E-state index in [1.807, 2.05) is 45.0 Å². The van der Waals surface area contributed by atoms with Crippen LogP contribution in [0.2, 0.25) is 0 Å². The van der Waals surface area contributed by atoms with E-state index in [0.717, 1.165) is 22.3 Å². The Morgan fingerprint density at radius 1 is 1.18 bits per heavy atom. The predicted octanol–water partition coefficient (Wildman–Crippen LogP) is 4.99. The Labute approximate surface area is 169 Å². The average molecular weight is 400 g/mol. The number of hydrogen-bond donors (Lipinski definition) is 0. The molecule has 148 valence electrons. The second kappa shape index (κ2) is 8.27. The van der Waals surface area contributed by atoms with Crippen molar-refractivity contribution in [2.24, 2.45) is 0 Å². The van der Waals surface area contributed by atoms with Crippen LogP contribution in [0.5, 0.6) is 11.5 Å². The Kier molecular flexibility index (Phi) is 5.98. The molecular formula is C22H25NO4S. The van der Waals surface area contributed by atoms with Crippen LogP contribution < -0.4 is 9.47 Å². The summed E-state index contributed by atoms with van der Waals surface area (Å²) in [7, 11) is 0. The SMILES string of the molecule is CC(=O)Oc1cc(C(=O)CN2CSC(C)=C2C)c(OC(C)C)c2ccccc12. The van der Waals surface area contributed by atoms with Crippen molar-refractivity contribution < 1.29 is 19.1 Å². The Balaban J connectivity index is 2.10. The molecule has 0 saturated carbocycles. The number of esters is 1. The molecule has 0 spiro atoms. The highest BCUT2D eigenvalue weighted by Crippen LogP contribution is 2.38. The van der Waals surface area contributed by atoms with Gasteiger partial charge < -0.3 is 14.4 Å². The van der Waals surface area contributed by atoms with Crippen molar-refractivity contribution in [2.75, 3.05) is 12.4 Å². The summed E-state index contributed by atoms with van der Waals surface area (Å²) >= 11 is 1.73. The quantitative estimate of drug-likeness (QED) is 0.387. The second-order valence-electron chi connectivity index (χ2n) is 7.09. The fraction of sp³-hybridized carbons (Fsp3) is 0.364. The molecule has 0 bridgehead atoms. The Bertz CT molecular complexity index is 964. The smallest absolute Gasteiger partial charge is 0.308 e. The molecule has 2 aromatic carbocycles. The van der Waals surface area contributed by atoms with Crippen molar-refractivity contribution in [3.05, 3.63) is 46.5 Å². The van der Waals surface area contributed by atoms with Crippen LogP contribution in [0.15, 0.2) is 40.9 Å². The van der Waals surface area contributed by atoms with Crippen molar-refractivity contribution in [1.29, 1.82) is 0 Å². The lowest BCUT2D eigenvalue weighted by atomic mass is 10.0. The summed E-state index contributed by atoms with van der Waals surface area (Å²) in [6, 6.07) is 9.14. The van der Waals surface area contributed by atoms with Crippen LogP contribution in [0, 0.1) is 0 Å². The normalized spacial score (nSPS) is 14.1. The number of rotatable bonds is 6. The van der Waals surface area contributed by atoms with Gasteiger partial charge in [0.1, 0.15) is 11.5 Å². The van der Waals surface area contributed by atoms with Crippen molar-refractivity contribution in [1.82, 2.24) is 4.90 Å². The molecule has 1 aliphatic heterocycles. The Morgan fingerprint density at radius 2 is 1.86 bits per heavy atom. The molecule has 0 saturated heterocycles. The van der Waals surface area contributed by atoms with Crippen molar-refractivity contribution in [3.63, 3.8) is 0 Å². The van der Waals surface area contributed by atoms with E-state index in [4.69, 9.17) is 9.47 Å². The summed E-state index contributed by atoms with van der Waals surface area (Å²) in [6.07, 6.45) is -0.0965. The maximum absolute atomic E-state index is 13.2. The Morgan fingerprint density at radius 3 is 2.43 bits per heavy atom. The van der Waals surface area contributed by atoms with Crippen LogP contribution >= 0.6 is 11.8 Å². The molecule has 6 heteroatoms. The minimum atomic E-state index is -0.425. The second-order valence-corrected chi connectivity index (χ2v) is 8.25. The van der Waals surface area contributed by atoms with Gasteiger partial charge in [-0.25, -0.2) is 0 Å². The molecule has 0 aromatic heterocycles. The number of nitrogens with zero attached hydrogens (tertiary/aromatic N) is 1. The first kappa shape index (κ1) is 20.3. The maximum atomic E-state index is 13.2. The van der Waals surface area contributed by atoms with Crippen molar-refractivity contribution in [2.45, 2.75) is 40.7 Å². The van der Waals surface area contributed by atoms with Crippen molar-refractivity contribution >= 4 is 34.3 Å². The van der Waals surface area contributed by atoms with E-state index in [-0.39, 0.29) is 18.4 Å². The fourth-order valence-corrected chi connectivity index (χ4v) is 4.12. The molecule has 5 nitrogen and oxygen atoms in total. The van der Waals surface area contributed by atoms with Gasteiger partial charge >= 0.3 is 5.97 Å². The van der Waals surface area contributed by atoms with Gasteiger partial charge in [-0.3, -0.25) is 9.59 Å². The number of hydrogen-bond acceptors (Lipinski definition) is 6. The van der Waals surface area contributed by atoms with E-state index in [1.165, 1.54) is 11.8 Å². The van der Waals surface area contributed by atoms with Crippen LogP contribution in [0.25, 0.3) is 10.8 Å². The maximum Gasteiger partial charge on any atom is 0.308 e. The molecule has 0 atom stereocenters. The molecule has 1 heterocycles. The third kappa shape index (κ3) is 4.17. The zero-order valence-corrected chi connectivity index (χ0v) is 17.7. The van der Waals surface area contributed by atoms with Gasteiger partial charge in [-0.05, 0) is 33.8 Å². The summed E-state index contributed by atoms with van der Waals surface area (Å²) in [6.45, 7) is 9.55. The predicted molar refractivity (Wildman–Crippen MR) is 113 cm³/mol. The number of carbonyl (C=O) groups excluding carboxylic acids is 2. The van der Waals surface area contributed by atoms with Crippen LogP contribution in [-0.2, 0) is 4.79 Å². The first-order valence-electron chi connectivity index (χ1n) is 9.27. The van der Waals surface area contributed by atoms with Gasteiger partial charge in [-0.15, -0.1) is 11.8 Å². The van der Waals surface area contributed by atoms with Crippen LogP contribution in [0.1, 0.15) is 45.0 Å². The first-order chi connectivity index (χ1) is 13.3. The molecule has 2 aromatic rings. The van der Waals surface area contributed by atoms with Gasteiger partial charge in [0.25, 0.3) is 0 Å². The molecule has 0 unspecified atom stereocenters. The molecule has 0 N–H and O–H groups in total. The molecule has 1 aliphatic rings. The number of ether oxygens (including phenoxy) is 2. The van der Waals surface area contributed by atoms with Crippen LogP contribution in [0.3, 0.4) is 0 Å². The van der Waals surface area contributed by atoms with E-state index in [9.17, 15) is 9.59 Å². The van der Waals surface area contributed by atoms with E-state index >= 15 is 0 Å². The summed E-state index contributed by atoms with van der Waals surface area (Å²) in [5, 5.41) is 1.51. The van der Waals surface area contributed by atoms with E-state index < -0.39 is 5.97 Å². The van der Waals surface area contributed by atoms with Gasteiger partial charge in [-0.1, -0.05) is 24.3 Å². The highest BCUT2D eigenvalue weighted by atomic mass is 32.2. The third-order valence-electron chi connectivity index (χ3n) is 4.62. The lowest BCUT2D eigenvalue weighted by Crippen LogP contribution is -2.26. The number of ketones is 1. The zero-order valence-electron chi connectivity index (χ0n) is 16.9. The summed E-state index contributed by atoms with van der Waals surface area (Å²) in [4.78, 5) is 28.1. The summed E-state index contributed by atoms with van der Waals surface area (Å²) in [5.41, 5.74) is 1.55. The number of carbonyl (C=O) groups is 2. The molecule has 28 heavy (non-hydrogen) atoms. The van der Waals surface area contributed by atoms with Gasteiger partial charge in [0.2, 0.25) is 0 Å². The molecule has 0 radical (unpaired) electrons. The summed E-state index contributed by atoms with van der Waals surface area (Å²) in [5.74, 6) is 1.18. The molecular weight excluding hydrogens is 374 g/mol. The third-order valence-corrected chi connectivity index (χ3v) is 5.79. The monoisotopic (exact) mass is 399 g/mol. The van der Waals surface area contributed by atoms with Crippen LogP contribution in [0.4, 0.5) is 0 Å². The van der Waals surface area contributed by atoms with E-state index in [2.05, 4.69) is 11.8 Å². The number of allylic oxidation sites excluding steroid dienone is 2. The topological polar surface area (TPSA) is 55.8 Å². The Hall–Kier alpha value is -2.47. The lowest BCUT2D eigenvalue weighted by Gasteiger charge is -2.21. The average Bonchev–Trinajstić information content (AvgIpc) is 2.94. The van der Waals surface area contributed by atoms with Gasteiger partial charge in [0.05, 0.1) is 24.1 Å². The molecule has 0 aliphatic carbocycles. The minimum absolute atomic E-state index is 0.0653. The largest absolute Gasteiger partial charge is 0.490 e. The van der Waals surface area contributed by atoms with Gasteiger partial charge in [-0.2, -0.15) is 0 Å². The number of benzene rings is 2. The van der Waals surface area contributed by atoms with E-state index in [1.54, 1.807) is 17.8 Å². The number of fused-ring (bicyclic) bond motifs is 1.